The molecule has 1 aliphatic heterocycles. The fourth-order valence-electron chi connectivity index (χ4n) is 3.41. The summed E-state index contributed by atoms with van der Waals surface area (Å²) in [6.07, 6.45) is 1.17. The summed E-state index contributed by atoms with van der Waals surface area (Å²) in [6.45, 7) is 3.03. The van der Waals surface area contributed by atoms with Crippen molar-refractivity contribution < 1.29 is 13.2 Å². The highest BCUT2D eigenvalue weighted by Crippen LogP contribution is 2.36. The topological polar surface area (TPSA) is 53.1 Å². The summed E-state index contributed by atoms with van der Waals surface area (Å²) in [5.74, 6) is 1.13. The molecular formula is C20H24F3N5S. The number of benzene rings is 1. The average Bonchev–Trinajstić information content (AvgIpc) is 3.49. The number of alkyl halides is 3. The first-order chi connectivity index (χ1) is 13.9. The van der Waals surface area contributed by atoms with Gasteiger partial charge < -0.3 is 10.6 Å². The lowest BCUT2D eigenvalue weighted by Crippen LogP contribution is -2.32. The average molecular weight is 424 g/mol. The van der Waals surface area contributed by atoms with E-state index in [1.54, 1.807) is 0 Å². The van der Waals surface area contributed by atoms with Crippen molar-refractivity contribution in [2.24, 2.45) is 0 Å². The number of nitrogens with zero attached hydrogens (tertiary/aromatic N) is 3. The first-order valence-corrected chi connectivity index (χ1v) is 11.1. The predicted molar refractivity (Wildman–Crippen MR) is 111 cm³/mol. The van der Waals surface area contributed by atoms with E-state index in [2.05, 4.69) is 43.9 Å². The lowest BCUT2D eigenvalue weighted by molar-refractivity contribution is -0.137. The molecule has 4 rings (SSSR count). The van der Waals surface area contributed by atoms with E-state index < -0.39 is 11.7 Å². The maximum absolute atomic E-state index is 13.2. The molecule has 2 aliphatic rings. The Morgan fingerprint density at radius 2 is 2.07 bits per heavy atom. The number of hydrogen-bond acceptors (Lipinski definition) is 6. The van der Waals surface area contributed by atoms with Crippen molar-refractivity contribution in [3.8, 4) is 0 Å². The minimum absolute atomic E-state index is 0.0663. The second-order valence-electron chi connectivity index (χ2n) is 7.50. The SMILES string of the molecule is CSCCN1CCc2cc(Nc3ncc(C(F)(F)F)c(NC4CC4)n3)ccc2C1. The van der Waals surface area contributed by atoms with E-state index >= 15 is 0 Å². The van der Waals surface area contributed by atoms with Crippen LogP contribution in [0.5, 0.6) is 0 Å². The van der Waals surface area contributed by atoms with Crippen molar-refractivity contribution >= 4 is 29.2 Å². The summed E-state index contributed by atoms with van der Waals surface area (Å²) < 4.78 is 39.7. The van der Waals surface area contributed by atoms with Crippen LogP contribution in [0.1, 0.15) is 29.5 Å². The van der Waals surface area contributed by atoms with Crippen LogP contribution < -0.4 is 10.6 Å². The molecule has 1 saturated carbocycles. The first-order valence-electron chi connectivity index (χ1n) is 9.73. The van der Waals surface area contributed by atoms with Gasteiger partial charge in [-0.3, -0.25) is 4.90 Å². The van der Waals surface area contributed by atoms with Gasteiger partial charge in [0.15, 0.2) is 0 Å². The van der Waals surface area contributed by atoms with Gasteiger partial charge in [0.25, 0.3) is 0 Å². The van der Waals surface area contributed by atoms with Gasteiger partial charge in [0.05, 0.1) is 0 Å². The molecule has 0 atom stereocenters. The highest BCUT2D eigenvalue weighted by Gasteiger charge is 2.36. The fourth-order valence-corrected chi connectivity index (χ4v) is 3.85. The number of hydrogen-bond donors (Lipinski definition) is 2. The maximum Gasteiger partial charge on any atom is 0.421 e. The van der Waals surface area contributed by atoms with Gasteiger partial charge in [-0.05, 0) is 48.8 Å². The Balaban J connectivity index is 1.49. The zero-order chi connectivity index (χ0) is 20.4. The van der Waals surface area contributed by atoms with E-state index in [0.29, 0.717) is 0 Å². The molecule has 5 nitrogen and oxygen atoms in total. The van der Waals surface area contributed by atoms with Crippen LogP contribution in [0.3, 0.4) is 0 Å². The molecular weight excluding hydrogens is 399 g/mol. The van der Waals surface area contributed by atoms with E-state index in [4.69, 9.17) is 0 Å². The molecule has 156 valence electrons. The van der Waals surface area contributed by atoms with Crippen molar-refractivity contribution in [1.29, 1.82) is 0 Å². The van der Waals surface area contributed by atoms with E-state index in [9.17, 15) is 13.2 Å². The van der Waals surface area contributed by atoms with Crippen LogP contribution in [0.2, 0.25) is 0 Å². The molecule has 1 aromatic carbocycles. The van der Waals surface area contributed by atoms with Gasteiger partial charge in [0.1, 0.15) is 11.4 Å². The van der Waals surface area contributed by atoms with Crippen LogP contribution in [0, 0.1) is 0 Å². The molecule has 0 bridgehead atoms. The lowest BCUT2D eigenvalue weighted by Gasteiger charge is -2.28. The van der Waals surface area contributed by atoms with Crippen molar-refractivity contribution in [2.75, 3.05) is 35.7 Å². The van der Waals surface area contributed by atoms with Gasteiger partial charge >= 0.3 is 6.18 Å². The third-order valence-corrected chi connectivity index (χ3v) is 5.77. The monoisotopic (exact) mass is 423 g/mol. The Kier molecular flexibility index (Phi) is 5.87. The zero-order valence-corrected chi connectivity index (χ0v) is 17.0. The van der Waals surface area contributed by atoms with E-state index in [0.717, 1.165) is 56.5 Å². The molecule has 0 unspecified atom stereocenters. The molecule has 0 saturated heterocycles. The molecule has 9 heteroatoms. The van der Waals surface area contributed by atoms with Crippen molar-refractivity contribution in [1.82, 2.24) is 14.9 Å². The molecule has 1 fully saturated rings. The van der Waals surface area contributed by atoms with Gasteiger partial charge in [0, 0.05) is 43.3 Å². The van der Waals surface area contributed by atoms with Crippen molar-refractivity contribution in [3.63, 3.8) is 0 Å². The molecule has 1 aliphatic carbocycles. The smallest absolute Gasteiger partial charge is 0.367 e. The van der Waals surface area contributed by atoms with Gasteiger partial charge in [-0.2, -0.15) is 29.9 Å². The Morgan fingerprint density at radius 1 is 1.24 bits per heavy atom. The largest absolute Gasteiger partial charge is 0.421 e. The van der Waals surface area contributed by atoms with Crippen LogP contribution in [0.15, 0.2) is 24.4 Å². The summed E-state index contributed by atoms with van der Waals surface area (Å²) >= 11 is 1.85. The maximum atomic E-state index is 13.2. The Labute approximate surface area is 172 Å². The second-order valence-corrected chi connectivity index (χ2v) is 8.49. The molecule has 2 aromatic rings. The zero-order valence-electron chi connectivity index (χ0n) is 16.2. The van der Waals surface area contributed by atoms with E-state index in [-0.39, 0.29) is 17.8 Å². The highest BCUT2D eigenvalue weighted by atomic mass is 32.2. The number of nitrogens with one attached hydrogen (secondary N) is 2. The Morgan fingerprint density at radius 3 is 2.79 bits per heavy atom. The van der Waals surface area contributed by atoms with Gasteiger partial charge in [-0.1, -0.05) is 6.07 Å². The summed E-state index contributed by atoms with van der Waals surface area (Å²) in [5.41, 5.74) is 2.52. The molecule has 0 amide bonds. The molecule has 2 N–H and O–H groups in total. The normalized spacial score (nSPS) is 17.1. The lowest BCUT2D eigenvalue weighted by atomic mass is 9.99. The fraction of sp³-hybridized carbons (Fsp3) is 0.500. The highest BCUT2D eigenvalue weighted by molar-refractivity contribution is 7.98. The summed E-state index contributed by atoms with van der Waals surface area (Å²) in [6, 6.07) is 6.13. The molecule has 29 heavy (non-hydrogen) atoms. The number of aromatic nitrogens is 2. The van der Waals surface area contributed by atoms with Crippen LogP contribution in [-0.4, -0.2) is 46.0 Å². The van der Waals surface area contributed by atoms with Crippen LogP contribution in [-0.2, 0) is 19.1 Å². The van der Waals surface area contributed by atoms with E-state index in [1.807, 2.05) is 17.8 Å². The number of fused-ring (bicyclic) bond motifs is 1. The third-order valence-electron chi connectivity index (χ3n) is 5.18. The van der Waals surface area contributed by atoms with Gasteiger partial charge in [-0.15, -0.1) is 0 Å². The summed E-state index contributed by atoms with van der Waals surface area (Å²) in [4.78, 5) is 10.4. The quantitative estimate of drug-likeness (QED) is 0.682. The summed E-state index contributed by atoms with van der Waals surface area (Å²) in [7, 11) is 0. The predicted octanol–water partition coefficient (Wildman–Crippen LogP) is 4.53. The molecule has 2 heterocycles. The number of rotatable bonds is 7. The van der Waals surface area contributed by atoms with Crippen LogP contribution >= 0.6 is 11.8 Å². The molecule has 1 aromatic heterocycles. The second kappa shape index (κ2) is 8.39. The Bertz CT molecular complexity index is 870. The summed E-state index contributed by atoms with van der Waals surface area (Å²) in [5, 5.41) is 5.94. The number of thioether (sulfide) groups is 1. The number of halogens is 3. The minimum atomic E-state index is -4.48. The van der Waals surface area contributed by atoms with Gasteiger partial charge in [-0.25, -0.2) is 4.98 Å². The van der Waals surface area contributed by atoms with Crippen molar-refractivity contribution in [2.45, 2.75) is 38.0 Å². The Hall–Kier alpha value is -2.00. The van der Waals surface area contributed by atoms with Crippen LogP contribution in [0.25, 0.3) is 0 Å². The van der Waals surface area contributed by atoms with Gasteiger partial charge in [0.2, 0.25) is 5.95 Å². The van der Waals surface area contributed by atoms with E-state index in [1.165, 1.54) is 11.1 Å². The number of anilines is 3. The van der Waals surface area contributed by atoms with Crippen LogP contribution in [0.4, 0.5) is 30.6 Å². The molecule has 0 radical (unpaired) electrons. The first kappa shape index (κ1) is 20.3. The van der Waals surface area contributed by atoms with Crippen molar-refractivity contribution in [3.05, 3.63) is 41.1 Å². The molecule has 0 spiro atoms. The minimum Gasteiger partial charge on any atom is -0.367 e. The standard InChI is InChI=1S/C20H24F3N5S/c1-29-9-8-28-7-6-13-10-16(3-2-14(13)12-28)26-19-24-11-17(20(21,22)23)18(27-19)25-15-4-5-15/h2-3,10-11,15H,4-9,12H2,1H3,(H2,24,25,26,27). The third kappa shape index (κ3) is 5.14.